The van der Waals surface area contributed by atoms with Crippen LogP contribution in [-0.2, 0) is 17.6 Å². The average molecular weight is 576 g/mol. The minimum absolute atomic E-state index is 0. The van der Waals surface area contributed by atoms with Gasteiger partial charge in [-0.15, -0.1) is 46.3 Å². The van der Waals surface area contributed by atoms with Crippen molar-refractivity contribution in [3.63, 3.8) is 0 Å². The van der Waals surface area contributed by atoms with Crippen molar-refractivity contribution in [3.8, 4) is 23.0 Å². The number of rotatable bonds is 10. The second-order valence-electron chi connectivity index (χ2n) is 8.77. The molecule has 0 bridgehead atoms. The number of likely N-dealkylation sites (N-methyl/N-ethyl adjacent to an activating group) is 2. The molecule has 0 aliphatic heterocycles. The van der Waals surface area contributed by atoms with Crippen LogP contribution >= 0.6 is 36.2 Å². The van der Waals surface area contributed by atoms with Crippen LogP contribution in [0.25, 0.3) is 21.3 Å². The number of benzene rings is 2. The molecule has 8 nitrogen and oxygen atoms in total. The van der Waals surface area contributed by atoms with E-state index in [4.69, 9.17) is 9.40 Å². The summed E-state index contributed by atoms with van der Waals surface area (Å²) >= 11 is 1.61. The van der Waals surface area contributed by atoms with Crippen molar-refractivity contribution in [2.24, 2.45) is 0 Å². The van der Waals surface area contributed by atoms with Gasteiger partial charge in [-0.25, -0.2) is 4.98 Å². The van der Waals surface area contributed by atoms with Gasteiger partial charge >= 0.3 is 0 Å². The van der Waals surface area contributed by atoms with Crippen molar-refractivity contribution < 1.29 is 9.21 Å². The number of carbonyl (C=O) groups excluding carboxylic acids is 1. The van der Waals surface area contributed by atoms with Gasteiger partial charge in [0.1, 0.15) is 11.4 Å². The van der Waals surface area contributed by atoms with Gasteiger partial charge in [-0.3, -0.25) is 9.69 Å². The number of hydrogen-bond acceptors (Lipinski definition) is 8. The van der Waals surface area contributed by atoms with Gasteiger partial charge in [0.2, 0.25) is 17.7 Å². The molecule has 0 aliphatic carbocycles. The summed E-state index contributed by atoms with van der Waals surface area (Å²) in [6.45, 7) is 2.88. The minimum Gasteiger partial charge on any atom is -0.424 e. The zero-order valence-electron chi connectivity index (χ0n) is 21.6. The second kappa shape index (κ2) is 15.4. The van der Waals surface area contributed by atoms with E-state index in [0.29, 0.717) is 18.9 Å². The lowest BCUT2D eigenvalue weighted by atomic mass is 10.1. The van der Waals surface area contributed by atoms with Crippen molar-refractivity contribution >= 4 is 52.3 Å². The number of amides is 1. The number of halogens is 2. The first-order valence-electron chi connectivity index (χ1n) is 11.8. The van der Waals surface area contributed by atoms with Crippen molar-refractivity contribution in [3.05, 3.63) is 65.3 Å². The monoisotopic (exact) mass is 574 g/mol. The fourth-order valence-corrected chi connectivity index (χ4v) is 4.46. The summed E-state index contributed by atoms with van der Waals surface area (Å²) in [4.78, 5) is 21.2. The summed E-state index contributed by atoms with van der Waals surface area (Å²) in [7, 11) is 6.12. The Bertz CT molecular complexity index is 1360. The average Bonchev–Trinajstić information content (AvgIpc) is 3.48. The van der Waals surface area contributed by atoms with Crippen LogP contribution < -0.4 is 5.32 Å². The first-order chi connectivity index (χ1) is 17.5. The molecule has 0 atom stereocenters. The van der Waals surface area contributed by atoms with E-state index >= 15 is 0 Å². The highest BCUT2D eigenvalue weighted by Gasteiger charge is 2.13. The van der Waals surface area contributed by atoms with Gasteiger partial charge < -0.3 is 14.6 Å². The molecule has 0 aliphatic rings. The third-order valence-corrected chi connectivity index (χ3v) is 6.46. The van der Waals surface area contributed by atoms with E-state index < -0.39 is 0 Å². The highest BCUT2D eigenvalue weighted by molar-refractivity contribution is 7.18. The molecule has 0 fully saturated rings. The Labute approximate surface area is 239 Å². The molecule has 2 aromatic heterocycles. The Kier molecular flexibility index (Phi) is 12.7. The Hall–Kier alpha value is -3.00. The lowest BCUT2D eigenvalue weighted by Crippen LogP contribution is -2.29. The molecule has 4 rings (SSSR count). The second-order valence-corrected chi connectivity index (χ2v) is 9.89. The van der Waals surface area contributed by atoms with E-state index in [1.165, 1.54) is 5.56 Å². The molecule has 2 aromatic carbocycles. The van der Waals surface area contributed by atoms with Crippen LogP contribution in [0.4, 0.5) is 0 Å². The van der Waals surface area contributed by atoms with Gasteiger partial charge in [0.05, 0.1) is 29.7 Å². The molecule has 0 radical (unpaired) electrons. The molecule has 0 saturated heterocycles. The SMILES string of the molecule is CN(C)CCN(C)CC#CCNC(=O)Cc1nnc(Cc2nc3ccc(-c4ccccc4)cc3s2)o1.Cl.Cl. The normalized spacial score (nSPS) is 10.6. The van der Waals surface area contributed by atoms with E-state index in [2.05, 4.69) is 61.4 Å². The summed E-state index contributed by atoms with van der Waals surface area (Å²) in [6.07, 6.45) is 0.457. The van der Waals surface area contributed by atoms with Gasteiger partial charge in [-0.05, 0) is 44.4 Å². The third kappa shape index (κ3) is 9.39. The van der Waals surface area contributed by atoms with Gasteiger partial charge in [0, 0.05) is 13.1 Å². The predicted octanol–water partition coefficient (Wildman–Crippen LogP) is 3.94. The molecule has 4 aromatic rings. The fraction of sp³-hybridized carbons (Fsp3) is 0.333. The number of nitrogens with zero attached hydrogens (tertiary/aromatic N) is 5. The minimum atomic E-state index is -0.200. The van der Waals surface area contributed by atoms with Crippen molar-refractivity contribution in [1.29, 1.82) is 0 Å². The molecule has 202 valence electrons. The van der Waals surface area contributed by atoms with Crippen molar-refractivity contribution in [1.82, 2.24) is 30.3 Å². The molecule has 0 saturated carbocycles. The van der Waals surface area contributed by atoms with Crippen molar-refractivity contribution in [2.45, 2.75) is 12.8 Å². The van der Waals surface area contributed by atoms with E-state index in [0.717, 1.165) is 33.9 Å². The van der Waals surface area contributed by atoms with Crippen LogP contribution in [0.15, 0.2) is 52.9 Å². The van der Waals surface area contributed by atoms with Gasteiger partial charge in [-0.2, -0.15) is 0 Å². The lowest BCUT2D eigenvalue weighted by Gasteiger charge is -2.16. The first-order valence-corrected chi connectivity index (χ1v) is 12.6. The number of hydrogen-bond donors (Lipinski definition) is 1. The van der Waals surface area contributed by atoms with Crippen LogP contribution in [0.5, 0.6) is 0 Å². The molecule has 0 spiro atoms. The van der Waals surface area contributed by atoms with Gasteiger partial charge in [0.25, 0.3) is 0 Å². The topological polar surface area (TPSA) is 87.4 Å². The van der Waals surface area contributed by atoms with Crippen molar-refractivity contribution in [2.75, 3.05) is 47.3 Å². The zero-order chi connectivity index (χ0) is 25.3. The number of nitrogens with one attached hydrogen (secondary N) is 1. The summed E-state index contributed by atoms with van der Waals surface area (Å²) in [6, 6.07) is 16.5. The van der Waals surface area contributed by atoms with Crippen LogP contribution in [0.1, 0.15) is 16.8 Å². The molecule has 2 heterocycles. The highest BCUT2D eigenvalue weighted by atomic mass is 35.5. The lowest BCUT2D eigenvalue weighted by molar-refractivity contribution is -0.120. The molecule has 1 amide bonds. The highest BCUT2D eigenvalue weighted by Crippen LogP contribution is 2.29. The Morgan fingerprint density at radius 2 is 1.74 bits per heavy atom. The molecule has 0 unspecified atom stereocenters. The van der Waals surface area contributed by atoms with Gasteiger partial charge in [0.15, 0.2) is 0 Å². The first kappa shape index (κ1) is 31.2. The standard InChI is InChI=1S/C27H30N6O2S.2ClH/c1-32(2)15-16-33(3)14-8-7-13-28-24(34)18-25-30-31-26(35-25)19-27-29-22-12-11-21(17-23(22)36-27)20-9-5-4-6-10-20;;/h4-6,9-12,17H,13-16,18-19H2,1-3H3,(H,28,34);2*1H. The van der Waals surface area contributed by atoms with Gasteiger partial charge in [-0.1, -0.05) is 48.2 Å². The van der Waals surface area contributed by atoms with Crippen LogP contribution in [0.2, 0.25) is 0 Å². The molecule has 11 heteroatoms. The van der Waals surface area contributed by atoms with Crippen LogP contribution in [0.3, 0.4) is 0 Å². The Morgan fingerprint density at radius 1 is 0.974 bits per heavy atom. The number of carbonyl (C=O) groups is 1. The summed E-state index contributed by atoms with van der Waals surface area (Å²) in [5.41, 5.74) is 3.27. The summed E-state index contributed by atoms with van der Waals surface area (Å²) < 4.78 is 6.80. The van der Waals surface area contributed by atoms with Crippen LogP contribution in [0, 0.1) is 11.8 Å². The molecular formula is C27H32Cl2N6O2S. The molecule has 1 N–H and O–H groups in total. The number of aromatic nitrogens is 3. The smallest absolute Gasteiger partial charge is 0.230 e. The Morgan fingerprint density at radius 3 is 2.50 bits per heavy atom. The number of thiazole rings is 1. The molecular weight excluding hydrogens is 543 g/mol. The maximum Gasteiger partial charge on any atom is 0.230 e. The fourth-order valence-electron chi connectivity index (χ4n) is 3.46. The quantitative estimate of drug-likeness (QED) is 0.287. The summed E-state index contributed by atoms with van der Waals surface area (Å²) in [5, 5.41) is 11.8. The van der Waals surface area contributed by atoms with Crippen LogP contribution in [-0.4, -0.2) is 78.2 Å². The van der Waals surface area contributed by atoms with E-state index in [1.54, 1.807) is 11.3 Å². The number of fused-ring (bicyclic) bond motifs is 1. The largest absolute Gasteiger partial charge is 0.424 e. The maximum absolute atomic E-state index is 12.2. The van der Waals surface area contributed by atoms with E-state index in [9.17, 15) is 4.79 Å². The Balaban J connectivity index is 0.00000253. The van der Waals surface area contributed by atoms with E-state index in [-0.39, 0.29) is 49.6 Å². The zero-order valence-corrected chi connectivity index (χ0v) is 24.1. The summed E-state index contributed by atoms with van der Waals surface area (Å²) in [5.74, 6) is 6.57. The molecule has 38 heavy (non-hydrogen) atoms. The predicted molar refractivity (Wildman–Crippen MR) is 157 cm³/mol. The maximum atomic E-state index is 12.2. The van der Waals surface area contributed by atoms with E-state index in [1.807, 2.05) is 45.4 Å². The third-order valence-electron chi connectivity index (χ3n) is 5.44.